The molecule has 2 aromatic rings. The van der Waals surface area contributed by atoms with Crippen molar-refractivity contribution in [3.05, 3.63) is 47.4 Å². The van der Waals surface area contributed by atoms with Gasteiger partial charge in [0, 0.05) is 29.6 Å². The van der Waals surface area contributed by atoms with Crippen LogP contribution in [0.1, 0.15) is 81.0 Å². The number of hydrogen-bond acceptors (Lipinski definition) is 8. The summed E-state index contributed by atoms with van der Waals surface area (Å²) >= 11 is 1.37. The van der Waals surface area contributed by atoms with Crippen LogP contribution in [0.5, 0.6) is 0 Å². The average Bonchev–Trinajstić information content (AvgIpc) is 3.95. The summed E-state index contributed by atoms with van der Waals surface area (Å²) in [5.41, 5.74) is -1.41. The number of thiophene rings is 1. The molecule has 4 aliphatic rings. The third-order valence-electron chi connectivity index (χ3n) is 10.1. The van der Waals surface area contributed by atoms with E-state index in [1.807, 2.05) is 52.0 Å². The third kappa shape index (κ3) is 7.26. The maximum absolute atomic E-state index is 14.4. The molecule has 4 N–H and O–H groups in total. The monoisotopic (exact) mass is 711 g/mol. The van der Waals surface area contributed by atoms with Gasteiger partial charge in [0.1, 0.15) is 17.6 Å². The normalized spacial score (nSPS) is 25.7. The van der Waals surface area contributed by atoms with E-state index in [1.165, 1.54) is 22.3 Å². The van der Waals surface area contributed by atoms with Crippen molar-refractivity contribution >= 4 is 61.0 Å². The van der Waals surface area contributed by atoms with Crippen LogP contribution < -0.4 is 20.7 Å². The van der Waals surface area contributed by atoms with E-state index in [9.17, 15) is 32.4 Å². The van der Waals surface area contributed by atoms with E-state index in [2.05, 4.69) is 27.3 Å². The van der Waals surface area contributed by atoms with E-state index in [4.69, 9.17) is 0 Å². The van der Waals surface area contributed by atoms with E-state index in [0.29, 0.717) is 30.1 Å². The summed E-state index contributed by atoms with van der Waals surface area (Å²) in [6, 6.07) is 5.03. The van der Waals surface area contributed by atoms with E-state index in [0.717, 1.165) is 28.5 Å². The number of sulfonamides is 1. The van der Waals surface area contributed by atoms with Gasteiger partial charge in [-0.3, -0.25) is 28.7 Å². The molecule has 0 spiro atoms. The lowest BCUT2D eigenvalue weighted by atomic mass is 9.85. The van der Waals surface area contributed by atoms with E-state index < -0.39 is 68.0 Å². The van der Waals surface area contributed by atoms with Gasteiger partial charge in [-0.1, -0.05) is 45.0 Å². The lowest BCUT2D eigenvalue weighted by Crippen LogP contribution is -2.60. The predicted molar refractivity (Wildman–Crippen MR) is 186 cm³/mol. The molecule has 1 aliphatic heterocycles. The molecular formula is C35H45N5O7S2. The Labute approximate surface area is 290 Å². The van der Waals surface area contributed by atoms with Gasteiger partial charge in [0.15, 0.2) is 0 Å². The molecule has 5 amide bonds. The van der Waals surface area contributed by atoms with Gasteiger partial charge in [-0.2, -0.15) is 0 Å². The lowest BCUT2D eigenvalue weighted by molar-refractivity contribution is -0.144. The number of benzene rings is 1. The highest BCUT2D eigenvalue weighted by Gasteiger charge is 2.62. The molecule has 12 nitrogen and oxygen atoms in total. The molecule has 3 saturated carbocycles. The van der Waals surface area contributed by atoms with Gasteiger partial charge in [0.25, 0.3) is 11.8 Å². The van der Waals surface area contributed by atoms with Crippen molar-refractivity contribution in [2.75, 3.05) is 6.54 Å². The number of carbonyl (C=O) groups excluding carboxylic acids is 5. The average molecular weight is 712 g/mol. The number of fused-ring (bicyclic) bond motifs is 1. The second-order valence-corrected chi connectivity index (χ2v) is 18.2. The number of likely N-dealkylation sites (tertiary alicyclic amines) is 1. The lowest BCUT2D eigenvalue weighted by Gasteiger charge is -2.35. The van der Waals surface area contributed by atoms with Crippen LogP contribution in [-0.4, -0.2) is 78.3 Å². The maximum atomic E-state index is 14.4. The van der Waals surface area contributed by atoms with Gasteiger partial charge < -0.3 is 20.9 Å². The second kappa shape index (κ2) is 12.8. The summed E-state index contributed by atoms with van der Waals surface area (Å²) in [7, 11) is -3.88. The zero-order valence-corrected chi connectivity index (χ0v) is 30.0. The number of carbonyl (C=O) groups is 5. The van der Waals surface area contributed by atoms with Crippen LogP contribution in [0.15, 0.2) is 36.9 Å². The molecule has 2 heterocycles. The molecule has 14 heteroatoms. The first-order valence-electron chi connectivity index (χ1n) is 16.9. The van der Waals surface area contributed by atoms with Crippen molar-refractivity contribution in [3.8, 4) is 0 Å². The highest BCUT2D eigenvalue weighted by atomic mass is 32.2. The molecule has 1 aromatic carbocycles. The van der Waals surface area contributed by atoms with Crippen LogP contribution in [0, 0.1) is 24.2 Å². The van der Waals surface area contributed by atoms with E-state index in [1.54, 1.807) is 0 Å². The fraction of sp³-hybridized carbons (Fsp3) is 0.571. The van der Waals surface area contributed by atoms with Crippen molar-refractivity contribution < 1.29 is 32.4 Å². The molecule has 0 radical (unpaired) electrons. The predicted octanol–water partition coefficient (Wildman–Crippen LogP) is 2.91. The Bertz CT molecular complexity index is 1820. The number of nitrogens with one attached hydrogen (secondary N) is 4. The minimum Gasteiger partial charge on any atom is -0.347 e. The summed E-state index contributed by atoms with van der Waals surface area (Å²) < 4.78 is 28.4. The topological polar surface area (TPSA) is 171 Å². The van der Waals surface area contributed by atoms with Crippen molar-refractivity contribution in [1.29, 1.82) is 0 Å². The summed E-state index contributed by atoms with van der Waals surface area (Å²) in [5.74, 6) is -2.72. The molecule has 0 bridgehead atoms. The number of rotatable bonds is 12. The quantitative estimate of drug-likeness (QED) is 0.245. The fourth-order valence-electron chi connectivity index (χ4n) is 6.71. The van der Waals surface area contributed by atoms with Crippen molar-refractivity contribution in [1.82, 2.24) is 25.6 Å². The fourth-order valence-corrected chi connectivity index (χ4v) is 9.19. The molecule has 2 unspecified atom stereocenters. The van der Waals surface area contributed by atoms with Crippen LogP contribution in [0.25, 0.3) is 10.1 Å². The van der Waals surface area contributed by atoms with Gasteiger partial charge in [-0.25, -0.2) is 8.42 Å². The van der Waals surface area contributed by atoms with Crippen molar-refractivity contribution in [2.45, 2.75) is 102 Å². The smallest absolute Gasteiger partial charge is 0.261 e. The highest BCUT2D eigenvalue weighted by molar-refractivity contribution is 7.91. The Kier molecular flexibility index (Phi) is 9.18. The van der Waals surface area contributed by atoms with Crippen LogP contribution in [-0.2, 0) is 29.2 Å². The Morgan fingerprint density at radius 3 is 2.39 bits per heavy atom. The highest BCUT2D eigenvalue weighted by Crippen LogP contribution is 2.45. The van der Waals surface area contributed by atoms with Gasteiger partial charge in [0.05, 0.1) is 10.1 Å². The number of amides is 5. The Morgan fingerprint density at radius 2 is 1.80 bits per heavy atom. The minimum atomic E-state index is -3.88. The Balaban J connectivity index is 1.25. The summed E-state index contributed by atoms with van der Waals surface area (Å²) in [6.45, 7) is 11.1. The first kappa shape index (κ1) is 35.1. The van der Waals surface area contributed by atoms with E-state index in [-0.39, 0.29) is 31.2 Å². The molecule has 3 aliphatic carbocycles. The first-order valence-corrected chi connectivity index (χ1v) is 19.3. The van der Waals surface area contributed by atoms with Gasteiger partial charge in [-0.15, -0.1) is 17.9 Å². The molecule has 5 atom stereocenters. The zero-order valence-electron chi connectivity index (χ0n) is 28.3. The maximum Gasteiger partial charge on any atom is 0.261 e. The first-order chi connectivity index (χ1) is 23.0. The minimum absolute atomic E-state index is 0.00216. The van der Waals surface area contributed by atoms with Crippen molar-refractivity contribution in [3.63, 3.8) is 0 Å². The molecule has 49 heavy (non-hydrogen) atoms. The number of aryl methyl sites for hydroxylation is 1. The number of hydrogen-bond donors (Lipinski definition) is 4. The van der Waals surface area contributed by atoms with Crippen molar-refractivity contribution in [2.24, 2.45) is 17.3 Å². The van der Waals surface area contributed by atoms with E-state index >= 15 is 0 Å². The number of nitrogens with zero attached hydrogens (tertiary/aromatic N) is 1. The zero-order chi connectivity index (χ0) is 35.5. The van der Waals surface area contributed by atoms with Crippen LogP contribution in [0.4, 0.5) is 0 Å². The second-order valence-electron chi connectivity index (χ2n) is 15.2. The molecule has 1 saturated heterocycles. The van der Waals surface area contributed by atoms with Gasteiger partial charge in [0.2, 0.25) is 27.7 Å². The van der Waals surface area contributed by atoms with Crippen LogP contribution in [0.3, 0.4) is 0 Å². The van der Waals surface area contributed by atoms with Crippen LogP contribution >= 0.6 is 11.3 Å². The molecule has 6 rings (SSSR count). The largest absolute Gasteiger partial charge is 0.347 e. The third-order valence-corrected chi connectivity index (χ3v) is 13.2. The Morgan fingerprint density at radius 1 is 1.10 bits per heavy atom. The Hall–Kier alpha value is -3.78. The molecular weight excluding hydrogens is 667 g/mol. The van der Waals surface area contributed by atoms with Crippen LogP contribution in [0.2, 0.25) is 0 Å². The summed E-state index contributed by atoms with van der Waals surface area (Å²) in [5, 5.41) is 9.06. The summed E-state index contributed by atoms with van der Waals surface area (Å²) in [6.07, 6.45) is 4.90. The SMILES string of the molecule is C=CC1CC1(NC(=O)[C@@H]1C[C@@H](NC(=O)c2sc3ccccc3c2C)CN1C(=O)[C@@H](NC(=O)CC1CC1)C(C)(C)C)C(=O)NS(=O)(=O)C1CC1. The van der Waals surface area contributed by atoms with Gasteiger partial charge in [-0.05, 0) is 73.8 Å². The molecule has 1 aromatic heterocycles. The summed E-state index contributed by atoms with van der Waals surface area (Å²) in [4.78, 5) is 70.4. The standard InChI is InChI=1S/C35H45N5O7S2/c1-6-21-17-35(21,33(45)39-49(46,47)23-13-14-23)38-30(42)25-16-22(36-31(43)28-19(2)24-9-7-8-10-26(24)48-28)18-40(25)32(44)29(34(3,4)5)37-27(41)15-20-11-12-20/h6-10,20-23,25,29H,1,11-18H2,2-5H3,(H,36,43)(H,37,41)(H,38,42)(H,39,45)/t21?,22-,25+,29-,35?/m1/s1. The van der Waals surface area contributed by atoms with Gasteiger partial charge >= 0.3 is 0 Å². The molecule has 264 valence electrons. The molecule has 4 fully saturated rings.